The number of nitrogen functional groups attached to an aromatic ring is 1. The van der Waals surface area contributed by atoms with E-state index >= 15 is 0 Å². The molecule has 1 fully saturated rings. The minimum atomic E-state index is -0.514. The fourth-order valence-corrected chi connectivity index (χ4v) is 3.41. The number of aromatic nitrogens is 2. The first-order valence-corrected chi connectivity index (χ1v) is 9.83. The van der Waals surface area contributed by atoms with E-state index in [9.17, 15) is 9.18 Å². The van der Waals surface area contributed by atoms with Gasteiger partial charge in [-0.15, -0.1) is 0 Å². The van der Waals surface area contributed by atoms with Gasteiger partial charge in [-0.3, -0.25) is 4.79 Å². The molecule has 0 spiro atoms. The zero-order valence-corrected chi connectivity index (χ0v) is 16.5. The summed E-state index contributed by atoms with van der Waals surface area (Å²) in [5.74, 6) is 0.339. The molecule has 156 valence electrons. The van der Waals surface area contributed by atoms with E-state index in [1.54, 1.807) is 6.07 Å². The van der Waals surface area contributed by atoms with Crippen LogP contribution in [0, 0.1) is 5.82 Å². The fourth-order valence-electron chi connectivity index (χ4n) is 3.41. The smallest absolute Gasteiger partial charge is 0.245 e. The van der Waals surface area contributed by atoms with Crippen molar-refractivity contribution >= 4 is 29.0 Å². The number of aliphatic hydroxyl groups is 1. The van der Waals surface area contributed by atoms with Crippen molar-refractivity contribution in [2.24, 2.45) is 0 Å². The van der Waals surface area contributed by atoms with Gasteiger partial charge in [-0.2, -0.15) is 4.98 Å². The van der Waals surface area contributed by atoms with Gasteiger partial charge in [0.2, 0.25) is 11.9 Å². The van der Waals surface area contributed by atoms with E-state index in [1.807, 2.05) is 6.07 Å². The van der Waals surface area contributed by atoms with E-state index in [0.29, 0.717) is 18.2 Å². The predicted octanol–water partition coefficient (Wildman–Crippen LogP) is 1.97. The third-order valence-corrected chi connectivity index (χ3v) is 4.78. The molecule has 1 saturated heterocycles. The number of nitrogens with two attached hydrogens (primary N) is 1. The molecule has 8 nitrogen and oxygen atoms in total. The van der Waals surface area contributed by atoms with Crippen LogP contribution in [0.25, 0.3) is 0 Å². The Morgan fingerprint density at radius 1 is 1.38 bits per heavy atom. The highest BCUT2D eigenvalue weighted by molar-refractivity contribution is 5.77. The molecule has 0 aliphatic carbocycles. The molecule has 2 heterocycles. The number of halogens is 1. The monoisotopic (exact) mass is 402 g/mol. The number of rotatable bonds is 7. The summed E-state index contributed by atoms with van der Waals surface area (Å²) >= 11 is 0. The number of hydrogen-bond donors (Lipinski definition) is 4. The first-order valence-electron chi connectivity index (χ1n) is 9.83. The number of carbonyl (C=O) groups is 1. The van der Waals surface area contributed by atoms with E-state index in [4.69, 9.17) is 10.8 Å². The van der Waals surface area contributed by atoms with E-state index in [0.717, 1.165) is 43.7 Å². The van der Waals surface area contributed by atoms with Crippen molar-refractivity contribution in [1.82, 2.24) is 15.3 Å². The zero-order chi connectivity index (χ0) is 20.8. The van der Waals surface area contributed by atoms with Crippen molar-refractivity contribution in [2.45, 2.75) is 38.6 Å². The number of anilines is 4. The van der Waals surface area contributed by atoms with Crippen molar-refractivity contribution in [3.8, 4) is 0 Å². The van der Waals surface area contributed by atoms with Crippen LogP contribution in [0.2, 0.25) is 0 Å². The molecule has 1 aromatic carbocycles. The maximum absolute atomic E-state index is 13.4. The molecular weight excluding hydrogens is 375 g/mol. The molecule has 29 heavy (non-hydrogen) atoms. The second-order valence-corrected chi connectivity index (χ2v) is 7.16. The van der Waals surface area contributed by atoms with Crippen LogP contribution in [0.4, 0.5) is 27.5 Å². The molecule has 0 bridgehead atoms. The van der Waals surface area contributed by atoms with Gasteiger partial charge in [-0.25, -0.2) is 9.37 Å². The number of nitrogens with one attached hydrogen (secondary N) is 2. The lowest BCUT2D eigenvalue weighted by Gasteiger charge is -2.34. The molecule has 0 radical (unpaired) electrons. The Morgan fingerprint density at radius 2 is 2.21 bits per heavy atom. The molecular formula is C20H27FN6O2. The second-order valence-electron chi connectivity index (χ2n) is 7.16. The molecule has 3 rings (SSSR count). The standard InChI is InChI=1S/C20H27FN6O2/c1-2-4-13-10-18(27-8-3-5-15(11-27)23-19(29)12-28)26-20(24-13)25-14-6-7-16(21)17(22)9-14/h6-7,9-10,15,28H,2-5,8,11-12,22H2,1H3,(H,23,29)(H,24,25,26)/t15-/m1/s1. The van der Waals surface area contributed by atoms with Crippen molar-refractivity contribution in [3.05, 3.63) is 35.8 Å². The van der Waals surface area contributed by atoms with Gasteiger partial charge in [0.05, 0.1) is 5.69 Å². The second kappa shape index (κ2) is 9.51. The molecule has 1 aromatic heterocycles. The highest BCUT2D eigenvalue weighted by atomic mass is 19.1. The Morgan fingerprint density at radius 3 is 2.93 bits per heavy atom. The molecule has 0 saturated carbocycles. The highest BCUT2D eigenvalue weighted by Crippen LogP contribution is 2.24. The molecule has 1 amide bonds. The van der Waals surface area contributed by atoms with Crippen LogP contribution >= 0.6 is 0 Å². The lowest BCUT2D eigenvalue weighted by molar-refractivity contribution is -0.124. The van der Waals surface area contributed by atoms with Gasteiger partial charge >= 0.3 is 0 Å². The quantitative estimate of drug-likeness (QED) is 0.523. The van der Waals surface area contributed by atoms with E-state index < -0.39 is 12.4 Å². The topological polar surface area (TPSA) is 116 Å². The fraction of sp³-hybridized carbons (Fsp3) is 0.450. The van der Waals surface area contributed by atoms with Crippen LogP contribution in [0.1, 0.15) is 31.9 Å². The molecule has 0 unspecified atom stereocenters. The number of amides is 1. The zero-order valence-electron chi connectivity index (χ0n) is 16.5. The van der Waals surface area contributed by atoms with Crippen molar-refractivity contribution in [3.63, 3.8) is 0 Å². The van der Waals surface area contributed by atoms with Gasteiger partial charge in [0.15, 0.2) is 0 Å². The number of nitrogens with zero attached hydrogens (tertiary/aromatic N) is 3. The Kier molecular flexibility index (Phi) is 6.82. The molecule has 9 heteroatoms. The summed E-state index contributed by atoms with van der Waals surface area (Å²) < 4.78 is 13.4. The lowest BCUT2D eigenvalue weighted by atomic mass is 10.1. The maximum atomic E-state index is 13.4. The third-order valence-electron chi connectivity index (χ3n) is 4.78. The number of aryl methyl sites for hydroxylation is 1. The van der Waals surface area contributed by atoms with Crippen molar-refractivity contribution < 1.29 is 14.3 Å². The third kappa shape index (κ3) is 5.54. The Labute approximate surface area is 169 Å². The first-order chi connectivity index (χ1) is 14.0. The number of benzene rings is 1. The van der Waals surface area contributed by atoms with E-state index in [-0.39, 0.29) is 17.6 Å². The number of aliphatic hydroxyl groups excluding tert-OH is 1. The summed E-state index contributed by atoms with van der Waals surface area (Å²) in [6, 6.07) is 6.31. The van der Waals surface area contributed by atoms with E-state index in [1.165, 1.54) is 12.1 Å². The summed E-state index contributed by atoms with van der Waals surface area (Å²) in [7, 11) is 0. The first kappa shape index (κ1) is 20.8. The summed E-state index contributed by atoms with van der Waals surface area (Å²) in [6.07, 6.45) is 3.50. The average Bonchev–Trinajstić information content (AvgIpc) is 2.71. The number of hydrogen-bond acceptors (Lipinski definition) is 7. The van der Waals surface area contributed by atoms with Crippen molar-refractivity contribution in [2.75, 3.05) is 35.6 Å². The van der Waals surface area contributed by atoms with Gasteiger partial charge in [0.1, 0.15) is 18.2 Å². The highest BCUT2D eigenvalue weighted by Gasteiger charge is 2.23. The van der Waals surface area contributed by atoms with Crippen LogP contribution in [-0.2, 0) is 11.2 Å². The average molecular weight is 402 g/mol. The molecule has 1 aliphatic rings. The van der Waals surface area contributed by atoms with Gasteiger partial charge in [0, 0.05) is 36.6 Å². The molecule has 5 N–H and O–H groups in total. The summed E-state index contributed by atoms with van der Waals surface area (Å²) in [6.45, 7) is 2.99. The van der Waals surface area contributed by atoms with E-state index in [2.05, 4.69) is 32.4 Å². The van der Waals surface area contributed by atoms with Gasteiger partial charge in [-0.1, -0.05) is 13.3 Å². The Hall–Kier alpha value is -2.94. The lowest BCUT2D eigenvalue weighted by Crippen LogP contribution is -2.48. The Balaban J connectivity index is 1.82. The normalized spacial score (nSPS) is 16.5. The maximum Gasteiger partial charge on any atom is 0.245 e. The summed E-state index contributed by atoms with van der Waals surface area (Å²) in [5.41, 5.74) is 7.21. The summed E-state index contributed by atoms with van der Waals surface area (Å²) in [5, 5.41) is 14.9. The number of piperidine rings is 1. The largest absolute Gasteiger partial charge is 0.396 e. The number of carbonyl (C=O) groups excluding carboxylic acids is 1. The van der Waals surface area contributed by atoms with Crippen LogP contribution in [-0.4, -0.2) is 46.7 Å². The van der Waals surface area contributed by atoms with Gasteiger partial charge < -0.3 is 26.4 Å². The minimum absolute atomic E-state index is 0.0405. The van der Waals surface area contributed by atoms with Gasteiger partial charge in [0.25, 0.3) is 0 Å². The summed E-state index contributed by atoms with van der Waals surface area (Å²) in [4.78, 5) is 22.8. The van der Waals surface area contributed by atoms with Crippen LogP contribution in [0.3, 0.4) is 0 Å². The van der Waals surface area contributed by atoms with Crippen LogP contribution in [0.15, 0.2) is 24.3 Å². The Bertz CT molecular complexity index is 863. The minimum Gasteiger partial charge on any atom is -0.396 e. The molecule has 2 aromatic rings. The predicted molar refractivity (Wildman–Crippen MR) is 111 cm³/mol. The SMILES string of the molecule is CCCc1cc(N2CCC[C@@H](NC(=O)CO)C2)nc(Nc2ccc(F)c(N)c2)n1. The van der Waals surface area contributed by atoms with Gasteiger partial charge in [-0.05, 0) is 37.5 Å². The van der Waals surface area contributed by atoms with Crippen LogP contribution < -0.4 is 21.3 Å². The van der Waals surface area contributed by atoms with Crippen molar-refractivity contribution in [1.29, 1.82) is 0 Å². The molecule has 1 aliphatic heterocycles. The molecule has 1 atom stereocenters. The van der Waals surface area contributed by atoms with Crippen LogP contribution in [0.5, 0.6) is 0 Å².